The monoisotopic (exact) mass is 324 g/mol. The van der Waals surface area contributed by atoms with Gasteiger partial charge in [-0.1, -0.05) is 0 Å². The highest BCUT2D eigenvalue weighted by Gasteiger charge is 2.11. The fourth-order valence-electron chi connectivity index (χ4n) is 2.09. The van der Waals surface area contributed by atoms with Crippen molar-refractivity contribution < 1.29 is 28.8 Å². The lowest BCUT2D eigenvalue weighted by Gasteiger charge is -2.11. The third kappa shape index (κ3) is 5.28. The lowest BCUT2D eigenvalue weighted by atomic mass is 10.0. The molecule has 0 amide bonds. The molecule has 2 aromatic carbocycles. The zero-order valence-electron chi connectivity index (χ0n) is 14.2. The van der Waals surface area contributed by atoms with Crippen LogP contribution in [0, 0.1) is 6.92 Å². The summed E-state index contributed by atoms with van der Waals surface area (Å²) in [5.74, 6) is 1.59. The molecule has 1 N–H and O–H groups in total. The summed E-state index contributed by atoms with van der Waals surface area (Å²) in [7, 11) is 6.33. The van der Waals surface area contributed by atoms with Crippen molar-refractivity contribution in [3.05, 3.63) is 29.8 Å². The first-order valence-electron chi connectivity index (χ1n) is 6.98. The topological polar surface area (TPSA) is 66.4 Å². The van der Waals surface area contributed by atoms with Crippen LogP contribution < -0.4 is 9.47 Å². The molecule has 0 unspecified atom stereocenters. The molecule has 128 valence electrons. The number of phenols is 1. The van der Waals surface area contributed by atoms with Crippen LogP contribution in [0.3, 0.4) is 0 Å². The molecule has 0 aliphatic carbocycles. The van der Waals surface area contributed by atoms with Crippen molar-refractivity contribution in [1.82, 2.24) is 0 Å². The van der Waals surface area contributed by atoms with Gasteiger partial charge in [0.1, 0.15) is 30.8 Å². The highest BCUT2D eigenvalue weighted by Crippen LogP contribution is 2.39. The molecule has 23 heavy (non-hydrogen) atoms. The van der Waals surface area contributed by atoms with Gasteiger partial charge in [0, 0.05) is 19.6 Å². The van der Waals surface area contributed by atoms with Crippen LogP contribution in [0.15, 0.2) is 24.3 Å². The van der Waals surface area contributed by atoms with Gasteiger partial charge < -0.3 is 28.8 Å². The van der Waals surface area contributed by atoms with Crippen LogP contribution in [0.4, 0.5) is 0 Å². The van der Waals surface area contributed by atoms with E-state index in [-0.39, 0.29) is 5.75 Å². The molecular weight excluding hydrogens is 300 g/mol. The molecule has 0 heterocycles. The molecule has 0 aliphatic heterocycles. The summed E-state index contributed by atoms with van der Waals surface area (Å²) in [5.41, 5.74) is 0.983. The Bertz CT molecular complexity index is 608. The Morgan fingerprint density at radius 3 is 1.96 bits per heavy atom. The molecule has 2 aromatic rings. The average molecular weight is 324 g/mol. The smallest absolute Gasteiger partial charge is 0.149 e. The van der Waals surface area contributed by atoms with E-state index in [1.807, 2.05) is 19.1 Å². The maximum absolute atomic E-state index is 9.95. The number of fused-ring (bicyclic) bond motifs is 1. The first-order valence-corrected chi connectivity index (χ1v) is 6.98. The largest absolute Gasteiger partial charge is 0.507 e. The summed E-state index contributed by atoms with van der Waals surface area (Å²) in [6.45, 7) is 2.53. The molecule has 6 nitrogen and oxygen atoms in total. The van der Waals surface area contributed by atoms with E-state index in [0.717, 1.165) is 16.7 Å². The number of methoxy groups -OCH3 is 4. The summed E-state index contributed by atoms with van der Waals surface area (Å²) < 4.78 is 24.3. The Labute approximate surface area is 136 Å². The van der Waals surface area contributed by atoms with E-state index in [1.54, 1.807) is 40.6 Å². The number of benzene rings is 2. The van der Waals surface area contributed by atoms with Gasteiger partial charge >= 0.3 is 0 Å². The summed E-state index contributed by atoms with van der Waals surface area (Å²) >= 11 is 0. The normalized spacial score (nSPS) is 10.1. The second kappa shape index (κ2) is 9.89. The minimum atomic E-state index is 0.214. The van der Waals surface area contributed by atoms with E-state index in [2.05, 4.69) is 14.2 Å². The van der Waals surface area contributed by atoms with E-state index >= 15 is 0 Å². The Hall–Kier alpha value is -2.02. The van der Waals surface area contributed by atoms with Crippen molar-refractivity contribution in [3.8, 4) is 17.2 Å². The summed E-state index contributed by atoms with van der Waals surface area (Å²) in [6, 6.07) is 7.30. The fourth-order valence-corrected chi connectivity index (χ4v) is 2.09. The molecule has 0 fully saturated rings. The molecule has 0 bridgehead atoms. The van der Waals surface area contributed by atoms with Crippen molar-refractivity contribution in [3.63, 3.8) is 0 Å². The van der Waals surface area contributed by atoms with Crippen LogP contribution in [-0.4, -0.2) is 47.1 Å². The van der Waals surface area contributed by atoms with Crippen molar-refractivity contribution >= 4 is 10.8 Å². The summed E-state index contributed by atoms with van der Waals surface area (Å²) in [5, 5.41) is 11.5. The number of hydrogen-bond acceptors (Lipinski definition) is 6. The molecule has 2 rings (SSSR count). The molecule has 0 saturated heterocycles. The van der Waals surface area contributed by atoms with E-state index in [1.165, 1.54) is 0 Å². The number of hydrogen-bond donors (Lipinski definition) is 1. The maximum atomic E-state index is 9.95. The molecule has 0 spiro atoms. The number of ether oxygens (including phenoxy) is 5. The third-order valence-corrected chi connectivity index (χ3v) is 3.00. The molecular formula is C17H24O6. The first kappa shape index (κ1) is 19.0. The van der Waals surface area contributed by atoms with Crippen molar-refractivity contribution in [2.75, 3.05) is 42.0 Å². The Morgan fingerprint density at radius 2 is 1.43 bits per heavy atom. The zero-order chi connectivity index (χ0) is 17.2. The molecule has 0 aliphatic rings. The first-order chi connectivity index (χ1) is 11.1. The highest BCUT2D eigenvalue weighted by molar-refractivity contribution is 5.98. The predicted molar refractivity (Wildman–Crippen MR) is 88.3 cm³/mol. The molecule has 0 radical (unpaired) electrons. The number of aryl methyl sites for hydroxylation is 1. The van der Waals surface area contributed by atoms with Gasteiger partial charge in [0.05, 0.1) is 19.6 Å². The van der Waals surface area contributed by atoms with Gasteiger partial charge in [0.25, 0.3) is 0 Å². The van der Waals surface area contributed by atoms with E-state index in [0.29, 0.717) is 24.7 Å². The predicted octanol–water partition coefficient (Wildman–Crippen LogP) is 3.08. The van der Waals surface area contributed by atoms with Crippen LogP contribution in [-0.2, 0) is 14.2 Å². The summed E-state index contributed by atoms with van der Waals surface area (Å²) in [4.78, 5) is 0. The highest BCUT2D eigenvalue weighted by atomic mass is 16.7. The van der Waals surface area contributed by atoms with E-state index in [4.69, 9.17) is 9.47 Å². The van der Waals surface area contributed by atoms with Crippen molar-refractivity contribution in [2.45, 2.75) is 6.92 Å². The lowest BCUT2D eigenvalue weighted by molar-refractivity contribution is -0.107. The van der Waals surface area contributed by atoms with Crippen LogP contribution in [0.1, 0.15) is 5.56 Å². The standard InChI is InChI=1S/C13H14O3.C4H10O3/c1-8-6-9-11(15-2)4-5-12(16-3)13(9)10(14)7-8;1-5-3-7-4-6-2/h4-7,14H,1-3H3;3-4H2,1-2H3. The Kier molecular flexibility index (Phi) is 8.18. The van der Waals surface area contributed by atoms with Crippen LogP contribution >= 0.6 is 0 Å². The van der Waals surface area contributed by atoms with Crippen LogP contribution in [0.25, 0.3) is 10.8 Å². The van der Waals surface area contributed by atoms with Gasteiger partial charge in [-0.2, -0.15) is 0 Å². The van der Waals surface area contributed by atoms with E-state index in [9.17, 15) is 5.11 Å². The van der Waals surface area contributed by atoms with Gasteiger partial charge in [0.15, 0.2) is 0 Å². The van der Waals surface area contributed by atoms with Crippen molar-refractivity contribution in [1.29, 1.82) is 0 Å². The number of rotatable bonds is 6. The minimum absolute atomic E-state index is 0.214. The minimum Gasteiger partial charge on any atom is -0.507 e. The second-order valence-corrected chi connectivity index (χ2v) is 4.69. The number of aromatic hydroxyl groups is 1. The molecule has 0 atom stereocenters. The van der Waals surface area contributed by atoms with Crippen LogP contribution in [0.5, 0.6) is 17.2 Å². The Morgan fingerprint density at radius 1 is 0.870 bits per heavy atom. The third-order valence-electron chi connectivity index (χ3n) is 3.00. The van der Waals surface area contributed by atoms with Crippen LogP contribution in [0.2, 0.25) is 0 Å². The second-order valence-electron chi connectivity index (χ2n) is 4.69. The SMILES string of the molecule is COCOCOC.COc1ccc(OC)c2c(O)cc(C)cc12. The molecule has 0 aromatic heterocycles. The van der Waals surface area contributed by atoms with Gasteiger partial charge in [-0.15, -0.1) is 0 Å². The van der Waals surface area contributed by atoms with Gasteiger partial charge in [-0.25, -0.2) is 0 Å². The zero-order valence-corrected chi connectivity index (χ0v) is 14.2. The average Bonchev–Trinajstić information content (AvgIpc) is 2.54. The quantitative estimate of drug-likeness (QED) is 0.651. The molecule has 6 heteroatoms. The molecule has 0 saturated carbocycles. The van der Waals surface area contributed by atoms with Gasteiger partial charge in [-0.05, 0) is 36.8 Å². The Balaban J connectivity index is 0.000000322. The van der Waals surface area contributed by atoms with Gasteiger partial charge in [-0.3, -0.25) is 0 Å². The van der Waals surface area contributed by atoms with Gasteiger partial charge in [0.2, 0.25) is 0 Å². The number of phenolic OH excluding ortho intramolecular Hbond substituents is 1. The summed E-state index contributed by atoms with van der Waals surface area (Å²) in [6.07, 6.45) is 0. The maximum Gasteiger partial charge on any atom is 0.149 e. The lowest BCUT2D eigenvalue weighted by Crippen LogP contribution is -1.98. The fraction of sp³-hybridized carbons (Fsp3) is 0.412. The van der Waals surface area contributed by atoms with E-state index < -0.39 is 0 Å². The van der Waals surface area contributed by atoms with Crippen molar-refractivity contribution in [2.24, 2.45) is 0 Å².